The fraction of sp³-hybridized carbons (Fsp3) is 0.200. The number of aromatic nitrogens is 2. The summed E-state index contributed by atoms with van der Waals surface area (Å²) in [6.45, 7) is 2.41. The van der Waals surface area contributed by atoms with Gasteiger partial charge in [0.1, 0.15) is 0 Å². The van der Waals surface area contributed by atoms with Crippen LogP contribution in [0.3, 0.4) is 0 Å². The molecule has 3 aromatic rings. The number of aryl methyl sites for hydroxylation is 1. The smallest absolute Gasteiger partial charge is 0.274 e. The SMILES string of the molecule is CCn1nc(C(=O)NCc2cccc(C(=O)NC)c2)c2ccccc2c1=O. The highest BCUT2D eigenvalue weighted by Crippen LogP contribution is 2.13. The van der Waals surface area contributed by atoms with Gasteiger partial charge in [-0.25, -0.2) is 4.68 Å². The van der Waals surface area contributed by atoms with Crippen molar-refractivity contribution in [3.05, 3.63) is 75.7 Å². The van der Waals surface area contributed by atoms with Crippen molar-refractivity contribution >= 4 is 22.6 Å². The summed E-state index contributed by atoms with van der Waals surface area (Å²) < 4.78 is 1.28. The Balaban J connectivity index is 1.88. The number of carbonyl (C=O) groups excluding carboxylic acids is 2. The Labute approximate surface area is 156 Å². The molecular formula is C20H20N4O3. The summed E-state index contributed by atoms with van der Waals surface area (Å²) in [6, 6.07) is 13.9. The average Bonchev–Trinajstić information content (AvgIpc) is 2.72. The second-order valence-corrected chi connectivity index (χ2v) is 5.98. The topological polar surface area (TPSA) is 93.1 Å². The van der Waals surface area contributed by atoms with E-state index in [4.69, 9.17) is 0 Å². The number of fused-ring (bicyclic) bond motifs is 1. The Bertz CT molecular complexity index is 1070. The van der Waals surface area contributed by atoms with Crippen molar-refractivity contribution in [2.24, 2.45) is 0 Å². The van der Waals surface area contributed by atoms with Gasteiger partial charge in [-0.3, -0.25) is 14.4 Å². The number of amides is 2. The minimum atomic E-state index is -0.376. The van der Waals surface area contributed by atoms with Crippen molar-refractivity contribution in [3.63, 3.8) is 0 Å². The van der Waals surface area contributed by atoms with Crippen LogP contribution in [0.15, 0.2) is 53.3 Å². The van der Waals surface area contributed by atoms with E-state index in [0.717, 1.165) is 5.56 Å². The third-order valence-corrected chi connectivity index (χ3v) is 4.25. The lowest BCUT2D eigenvalue weighted by Crippen LogP contribution is -2.30. The van der Waals surface area contributed by atoms with Crippen molar-refractivity contribution in [2.75, 3.05) is 7.05 Å². The second-order valence-electron chi connectivity index (χ2n) is 5.98. The maximum absolute atomic E-state index is 12.7. The van der Waals surface area contributed by atoms with Crippen LogP contribution in [0.2, 0.25) is 0 Å². The fourth-order valence-electron chi connectivity index (χ4n) is 2.85. The molecule has 3 rings (SSSR count). The molecule has 0 atom stereocenters. The van der Waals surface area contributed by atoms with E-state index < -0.39 is 0 Å². The zero-order valence-electron chi connectivity index (χ0n) is 15.2. The summed E-state index contributed by atoms with van der Waals surface area (Å²) in [4.78, 5) is 36.8. The van der Waals surface area contributed by atoms with Gasteiger partial charge in [0.05, 0.1) is 5.39 Å². The van der Waals surface area contributed by atoms with Gasteiger partial charge in [0.25, 0.3) is 17.4 Å². The van der Waals surface area contributed by atoms with Crippen LogP contribution < -0.4 is 16.2 Å². The first kappa shape index (κ1) is 18.3. The van der Waals surface area contributed by atoms with Gasteiger partial charge in [0.15, 0.2) is 5.69 Å². The molecule has 7 heteroatoms. The number of hydrogen-bond acceptors (Lipinski definition) is 4. The van der Waals surface area contributed by atoms with Crippen LogP contribution in [0.5, 0.6) is 0 Å². The van der Waals surface area contributed by atoms with Crippen molar-refractivity contribution in [1.82, 2.24) is 20.4 Å². The average molecular weight is 364 g/mol. The molecule has 7 nitrogen and oxygen atoms in total. The molecule has 138 valence electrons. The molecule has 0 saturated carbocycles. The zero-order chi connectivity index (χ0) is 19.4. The molecule has 0 aliphatic rings. The molecule has 2 aromatic carbocycles. The molecule has 0 unspecified atom stereocenters. The normalized spacial score (nSPS) is 10.6. The first-order chi connectivity index (χ1) is 13.0. The largest absolute Gasteiger partial charge is 0.355 e. The minimum Gasteiger partial charge on any atom is -0.355 e. The Morgan fingerprint density at radius 2 is 1.78 bits per heavy atom. The summed E-state index contributed by atoms with van der Waals surface area (Å²) in [5.41, 5.74) is 1.29. The van der Waals surface area contributed by atoms with Crippen LogP contribution in [-0.2, 0) is 13.1 Å². The van der Waals surface area contributed by atoms with E-state index in [2.05, 4.69) is 15.7 Å². The standard InChI is InChI=1S/C20H20N4O3/c1-3-24-20(27)16-10-5-4-9-15(16)17(23-24)19(26)22-12-13-7-6-8-14(11-13)18(25)21-2/h4-11H,3,12H2,1-2H3,(H,21,25)(H,22,26). The Morgan fingerprint density at radius 3 is 2.48 bits per heavy atom. The summed E-state index contributed by atoms with van der Waals surface area (Å²) in [7, 11) is 1.57. The van der Waals surface area contributed by atoms with E-state index >= 15 is 0 Å². The van der Waals surface area contributed by atoms with Gasteiger partial charge in [-0.15, -0.1) is 0 Å². The lowest BCUT2D eigenvalue weighted by Gasteiger charge is -2.10. The van der Waals surface area contributed by atoms with Crippen LogP contribution in [0, 0.1) is 0 Å². The van der Waals surface area contributed by atoms with Crippen molar-refractivity contribution in [3.8, 4) is 0 Å². The van der Waals surface area contributed by atoms with E-state index in [1.807, 2.05) is 6.07 Å². The van der Waals surface area contributed by atoms with Gasteiger partial charge in [-0.05, 0) is 30.7 Å². The first-order valence-corrected chi connectivity index (χ1v) is 8.64. The van der Waals surface area contributed by atoms with Crippen LogP contribution in [-0.4, -0.2) is 28.6 Å². The van der Waals surface area contributed by atoms with Crippen LogP contribution in [0.25, 0.3) is 10.8 Å². The highest BCUT2D eigenvalue weighted by molar-refractivity contribution is 6.04. The lowest BCUT2D eigenvalue weighted by molar-refractivity contribution is 0.0943. The maximum Gasteiger partial charge on any atom is 0.274 e. The van der Waals surface area contributed by atoms with E-state index in [9.17, 15) is 14.4 Å². The Hall–Kier alpha value is -3.48. The van der Waals surface area contributed by atoms with Gasteiger partial charge in [-0.2, -0.15) is 5.10 Å². The highest BCUT2D eigenvalue weighted by atomic mass is 16.2. The molecule has 0 radical (unpaired) electrons. The number of nitrogens with one attached hydrogen (secondary N) is 2. The highest BCUT2D eigenvalue weighted by Gasteiger charge is 2.16. The second kappa shape index (κ2) is 7.82. The summed E-state index contributed by atoms with van der Waals surface area (Å²) >= 11 is 0. The predicted octanol–water partition coefficient (Wildman–Crippen LogP) is 1.71. The summed E-state index contributed by atoms with van der Waals surface area (Å²) in [5.74, 6) is -0.565. The van der Waals surface area contributed by atoms with Gasteiger partial charge in [0, 0.05) is 31.1 Å². The number of hydrogen-bond donors (Lipinski definition) is 2. The molecule has 1 heterocycles. The third-order valence-electron chi connectivity index (χ3n) is 4.25. The van der Waals surface area contributed by atoms with Crippen molar-refractivity contribution in [2.45, 2.75) is 20.0 Å². The van der Waals surface area contributed by atoms with Crippen molar-refractivity contribution in [1.29, 1.82) is 0 Å². The van der Waals surface area contributed by atoms with Gasteiger partial charge in [0.2, 0.25) is 0 Å². The Morgan fingerprint density at radius 1 is 1.04 bits per heavy atom. The monoisotopic (exact) mass is 364 g/mol. The molecule has 27 heavy (non-hydrogen) atoms. The van der Waals surface area contributed by atoms with E-state index in [-0.39, 0.29) is 29.6 Å². The van der Waals surface area contributed by atoms with Gasteiger partial charge >= 0.3 is 0 Å². The van der Waals surface area contributed by atoms with Crippen LogP contribution >= 0.6 is 0 Å². The van der Waals surface area contributed by atoms with E-state index in [0.29, 0.717) is 22.9 Å². The lowest BCUT2D eigenvalue weighted by atomic mass is 10.1. The van der Waals surface area contributed by atoms with Gasteiger partial charge < -0.3 is 10.6 Å². The molecule has 2 N–H and O–H groups in total. The number of benzene rings is 2. The van der Waals surface area contributed by atoms with Crippen LogP contribution in [0.4, 0.5) is 0 Å². The summed E-state index contributed by atoms with van der Waals surface area (Å²) in [6.07, 6.45) is 0. The fourth-order valence-corrected chi connectivity index (χ4v) is 2.85. The number of carbonyl (C=O) groups is 2. The third kappa shape index (κ3) is 3.72. The summed E-state index contributed by atoms with van der Waals surface area (Å²) in [5, 5.41) is 10.6. The number of nitrogens with zero attached hydrogens (tertiary/aromatic N) is 2. The van der Waals surface area contributed by atoms with Crippen LogP contribution in [0.1, 0.15) is 33.3 Å². The van der Waals surface area contributed by atoms with Gasteiger partial charge in [-0.1, -0.05) is 30.3 Å². The molecule has 0 spiro atoms. The quantitative estimate of drug-likeness (QED) is 0.721. The predicted molar refractivity (Wildman–Crippen MR) is 103 cm³/mol. The molecule has 2 amide bonds. The minimum absolute atomic E-state index is 0.189. The maximum atomic E-state index is 12.7. The molecule has 1 aromatic heterocycles. The molecule has 0 aliphatic carbocycles. The number of rotatable bonds is 5. The molecule has 0 aliphatic heterocycles. The molecule has 0 fully saturated rings. The Kier molecular flexibility index (Phi) is 5.30. The van der Waals surface area contributed by atoms with E-state index in [1.54, 1.807) is 56.4 Å². The first-order valence-electron chi connectivity index (χ1n) is 8.64. The zero-order valence-corrected chi connectivity index (χ0v) is 15.2. The molecule has 0 saturated heterocycles. The van der Waals surface area contributed by atoms with Crippen molar-refractivity contribution < 1.29 is 9.59 Å². The molecular weight excluding hydrogens is 344 g/mol. The molecule has 0 bridgehead atoms. The van der Waals surface area contributed by atoms with E-state index in [1.165, 1.54) is 4.68 Å².